The van der Waals surface area contributed by atoms with Gasteiger partial charge in [0.2, 0.25) is 0 Å². The van der Waals surface area contributed by atoms with Crippen molar-refractivity contribution in [3.8, 4) is 0 Å². The summed E-state index contributed by atoms with van der Waals surface area (Å²) in [6, 6.07) is 11.1. The molecule has 1 saturated carbocycles. The minimum absolute atomic E-state index is 0.534. The summed E-state index contributed by atoms with van der Waals surface area (Å²) >= 11 is 0. The van der Waals surface area contributed by atoms with Gasteiger partial charge in [-0.05, 0) is 22.4 Å². The summed E-state index contributed by atoms with van der Waals surface area (Å²) in [4.78, 5) is 0. The highest BCUT2D eigenvalue weighted by Gasteiger charge is 2.62. The Labute approximate surface area is 94.7 Å². The zero-order valence-electron chi connectivity index (χ0n) is 10.5. The van der Waals surface area contributed by atoms with Crippen LogP contribution in [0.4, 0.5) is 0 Å². The molecule has 1 aromatic rings. The molecule has 0 bridgehead atoms. The third kappa shape index (κ3) is 1.78. The molecule has 1 aliphatic carbocycles. The van der Waals surface area contributed by atoms with E-state index in [-0.39, 0.29) is 0 Å². The molecule has 0 unspecified atom stereocenters. The molecule has 15 heavy (non-hydrogen) atoms. The van der Waals surface area contributed by atoms with E-state index in [4.69, 9.17) is 0 Å². The highest BCUT2D eigenvalue weighted by molar-refractivity contribution is 6.78. The average molecular weight is 218 g/mol. The van der Waals surface area contributed by atoms with Crippen molar-refractivity contribution in [1.82, 2.24) is 0 Å². The van der Waals surface area contributed by atoms with Crippen molar-refractivity contribution in [2.45, 2.75) is 44.9 Å². The third-order valence-corrected chi connectivity index (χ3v) is 6.86. The van der Waals surface area contributed by atoms with E-state index in [1.807, 2.05) is 0 Å². The SMILES string of the molecule is CC1(C)[C@H](c2ccccc2)[C@@H]1[Si](C)(C)C. The maximum atomic E-state index is 2.50. The van der Waals surface area contributed by atoms with Gasteiger partial charge in [0.1, 0.15) is 0 Å². The molecule has 1 aromatic carbocycles. The molecule has 0 saturated heterocycles. The fourth-order valence-electron chi connectivity index (χ4n) is 3.54. The van der Waals surface area contributed by atoms with Gasteiger partial charge < -0.3 is 0 Å². The highest BCUT2D eigenvalue weighted by atomic mass is 28.3. The van der Waals surface area contributed by atoms with Gasteiger partial charge in [-0.25, -0.2) is 0 Å². The van der Waals surface area contributed by atoms with E-state index in [0.29, 0.717) is 5.41 Å². The quantitative estimate of drug-likeness (QED) is 0.640. The molecule has 0 heterocycles. The van der Waals surface area contributed by atoms with E-state index < -0.39 is 8.07 Å². The number of rotatable bonds is 2. The molecule has 0 nitrogen and oxygen atoms in total. The molecule has 1 fully saturated rings. The Kier molecular flexibility index (Phi) is 2.34. The van der Waals surface area contributed by atoms with Gasteiger partial charge in [0.25, 0.3) is 0 Å². The molecule has 1 heteroatoms. The Hall–Kier alpha value is -0.563. The number of benzene rings is 1. The minimum atomic E-state index is -1.00. The van der Waals surface area contributed by atoms with Crippen LogP contribution in [0, 0.1) is 5.41 Å². The Morgan fingerprint density at radius 2 is 1.53 bits per heavy atom. The fourth-order valence-corrected chi connectivity index (χ4v) is 7.47. The summed E-state index contributed by atoms with van der Waals surface area (Å²) in [5, 5.41) is 0. The van der Waals surface area contributed by atoms with E-state index in [1.165, 1.54) is 0 Å². The predicted molar refractivity (Wildman–Crippen MR) is 70.1 cm³/mol. The van der Waals surface area contributed by atoms with Crippen molar-refractivity contribution in [2.24, 2.45) is 5.41 Å². The van der Waals surface area contributed by atoms with Gasteiger partial charge in [0.05, 0.1) is 0 Å². The van der Waals surface area contributed by atoms with E-state index in [0.717, 1.165) is 11.5 Å². The van der Waals surface area contributed by atoms with Gasteiger partial charge in [-0.3, -0.25) is 0 Å². The molecule has 0 aliphatic heterocycles. The summed E-state index contributed by atoms with van der Waals surface area (Å²) in [5.41, 5.74) is 3.04. The second-order valence-corrected chi connectivity index (χ2v) is 11.9. The highest BCUT2D eigenvalue weighted by Crippen LogP contribution is 2.72. The normalized spacial score (nSPS) is 28.9. The third-order valence-electron chi connectivity index (χ3n) is 3.92. The van der Waals surface area contributed by atoms with Crippen LogP contribution in [0.1, 0.15) is 25.3 Å². The molecule has 2 atom stereocenters. The van der Waals surface area contributed by atoms with Crippen molar-refractivity contribution in [1.29, 1.82) is 0 Å². The van der Waals surface area contributed by atoms with Crippen LogP contribution in [0.3, 0.4) is 0 Å². The second-order valence-electron chi connectivity index (χ2n) is 6.55. The van der Waals surface area contributed by atoms with E-state index in [9.17, 15) is 0 Å². The van der Waals surface area contributed by atoms with Gasteiger partial charge in [-0.2, -0.15) is 0 Å². The molecule has 0 radical (unpaired) electrons. The lowest BCUT2D eigenvalue weighted by molar-refractivity contribution is 0.618. The number of hydrogen-bond donors (Lipinski definition) is 0. The lowest BCUT2D eigenvalue weighted by Crippen LogP contribution is -2.22. The monoisotopic (exact) mass is 218 g/mol. The topological polar surface area (TPSA) is 0 Å². The zero-order valence-corrected chi connectivity index (χ0v) is 11.5. The average Bonchev–Trinajstić information content (AvgIpc) is 2.70. The van der Waals surface area contributed by atoms with Crippen molar-refractivity contribution in [2.75, 3.05) is 0 Å². The maximum Gasteiger partial charge on any atom is 0.0486 e. The first-order valence-corrected chi connectivity index (χ1v) is 9.48. The van der Waals surface area contributed by atoms with Gasteiger partial charge >= 0.3 is 0 Å². The lowest BCUT2D eigenvalue weighted by Gasteiger charge is -2.17. The van der Waals surface area contributed by atoms with Crippen molar-refractivity contribution in [3.63, 3.8) is 0 Å². The van der Waals surface area contributed by atoms with Gasteiger partial charge in [-0.1, -0.05) is 63.8 Å². The minimum Gasteiger partial charge on any atom is -0.0693 e. The predicted octanol–water partition coefficient (Wildman–Crippen LogP) is 4.52. The standard InChI is InChI=1S/C14H22Si/c1-14(2)12(13(14)15(3,4)5)11-9-7-6-8-10-11/h6-10,12-13H,1-5H3/t12-,13+/m1/s1. The largest absolute Gasteiger partial charge is 0.0693 e. The van der Waals surface area contributed by atoms with Crippen molar-refractivity contribution in [3.05, 3.63) is 35.9 Å². The molecular weight excluding hydrogens is 196 g/mol. The summed E-state index contributed by atoms with van der Waals surface area (Å²) in [7, 11) is -1.00. The lowest BCUT2D eigenvalue weighted by atomic mass is 10.0. The van der Waals surface area contributed by atoms with Crippen molar-refractivity contribution >= 4 is 8.07 Å². The van der Waals surface area contributed by atoms with Crippen LogP contribution in [-0.2, 0) is 0 Å². The van der Waals surface area contributed by atoms with Gasteiger partial charge in [-0.15, -0.1) is 0 Å². The Morgan fingerprint density at radius 1 is 1.00 bits per heavy atom. The van der Waals surface area contributed by atoms with Crippen LogP contribution in [-0.4, -0.2) is 8.07 Å². The van der Waals surface area contributed by atoms with Crippen LogP contribution < -0.4 is 0 Å². The maximum absolute atomic E-state index is 2.50. The summed E-state index contributed by atoms with van der Waals surface area (Å²) in [6.07, 6.45) is 0. The van der Waals surface area contributed by atoms with Crippen molar-refractivity contribution < 1.29 is 0 Å². The molecule has 1 aliphatic rings. The fraction of sp³-hybridized carbons (Fsp3) is 0.571. The summed E-state index contributed by atoms with van der Waals surface area (Å²) < 4.78 is 0. The number of hydrogen-bond acceptors (Lipinski definition) is 0. The molecule has 0 aromatic heterocycles. The Morgan fingerprint density at radius 3 is 1.93 bits per heavy atom. The van der Waals surface area contributed by atoms with Gasteiger partial charge in [0.15, 0.2) is 0 Å². The van der Waals surface area contributed by atoms with E-state index in [2.05, 4.69) is 63.8 Å². The summed E-state index contributed by atoms with van der Waals surface area (Å²) in [5.74, 6) is 0.811. The Balaban J connectivity index is 2.28. The van der Waals surface area contributed by atoms with Crippen LogP contribution in [0.2, 0.25) is 25.2 Å². The van der Waals surface area contributed by atoms with Crippen LogP contribution >= 0.6 is 0 Å². The zero-order chi connectivity index (χ0) is 11.3. The molecule has 0 N–H and O–H groups in total. The second kappa shape index (κ2) is 3.21. The molecule has 82 valence electrons. The first-order valence-electron chi connectivity index (χ1n) is 5.90. The smallest absolute Gasteiger partial charge is 0.0486 e. The van der Waals surface area contributed by atoms with E-state index >= 15 is 0 Å². The van der Waals surface area contributed by atoms with Crippen LogP contribution in [0.15, 0.2) is 30.3 Å². The van der Waals surface area contributed by atoms with E-state index in [1.54, 1.807) is 5.56 Å². The van der Waals surface area contributed by atoms with Crippen LogP contribution in [0.5, 0.6) is 0 Å². The molecular formula is C14H22Si. The summed E-state index contributed by atoms with van der Waals surface area (Å²) in [6.45, 7) is 12.4. The molecule has 0 spiro atoms. The molecule has 2 rings (SSSR count). The first-order chi connectivity index (χ1) is 6.85. The van der Waals surface area contributed by atoms with Gasteiger partial charge in [0, 0.05) is 8.07 Å². The van der Waals surface area contributed by atoms with Crippen LogP contribution in [0.25, 0.3) is 0 Å². The Bertz CT molecular complexity index is 345. The first kappa shape index (κ1) is 10.9. The molecule has 0 amide bonds.